The molecule has 7 heteroatoms. The molecule has 0 aliphatic carbocycles. The first kappa shape index (κ1) is 16.7. The highest BCUT2D eigenvalue weighted by Crippen LogP contribution is 2.33. The summed E-state index contributed by atoms with van der Waals surface area (Å²) in [6.07, 6.45) is -4.63. The zero-order chi connectivity index (χ0) is 16.9. The first-order valence-electron chi connectivity index (χ1n) is 6.74. The summed E-state index contributed by atoms with van der Waals surface area (Å²) < 4.78 is 41.5. The molecule has 0 radical (unpaired) electrons. The van der Waals surface area contributed by atoms with E-state index >= 15 is 0 Å². The molecule has 4 nitrogen and oxygen atoms in total. The maximum atomic E-state index is 12.4. The summed E-state index contributed by atoms with van der Waals surface area (Å²) in [5.41, 5.74) is 0.369. The molecule has 0 unspecified atom stereocenters. The molecule has 0 aromatic heterocycles. The number of ether oxygens (including phenoxy) is 1. The smallest absolute Gasteiger partial charge is 0.416 e. The van der Waals surface area contributed by atoms with Gasteiger partial charge in [-0.2, -0.15) is 13.2 Å². The predicted molar refractivity (Wildman–Crippen MR) is 77.9 cm³/mol. The summed E-state index contributed by atoms with van der Waals surface area (Å²) in [5, 5.41) is 12.0. The maximum Gasteiger partial charge on any atom is 0.416 e. The summed E-state index contributed by atoms with van der Waals surface area (Å²) in [4.78, 5) is 9.91. The lowest BCUT2D eigenvalue weighted by atomic mass is 10.0. The van der Waals surface area contributed by atoms with Crippen LogP contribution in [0, 0.1) is 0 Å². The molecule has 0 bridgehead atoms. The summed E-state index contributed by atoms with van der Waals surface area (Å²) >= 11 is 0. The van der Waals surface area contributed by atoms with Crippen molar-refractivity contribution in [1.29, 1.82) is 0 Å². The first-order valence-corrected chi connectivity index (χ1v) is 6.74. The lowest BCUT2D eigenvalue weighted by molar-refractivity contribution is -0.137. The summed E-state index contributed by atoms with van der Waals surface area (Å²) in [7, 11) is 0. The number of alkyl carbamates (subject to hydrolysis) is 1. The van der Waals surface area contributed by atoms with Crippen LogP contribution in [0.2, 0.25) is 0 Å². The molecule has 0 atom stereocenters. The number of aromatic hydroxyl groups is 1. The molecule has 2 aromatic carbocycles. The van der Waals surface area contributed by atoms with Crippen molar-refractivity contribution in [2.45, 2.75) is 6.18 Å². The minimum atomic E-state index is -4.34. The molecule has 1 fully saturated rings. The molecule has 1 amide bonds. The number of hydrogen-bond acceptors (Lipinski definition) is 3. The monoisotopic (exact) mass is 325 g/mol. The second-order valence-electron chi connectivity index (χ2n) is 4.65. The fourth-order valence-electron chi connectivity index (χ4n) is 1.90. The third-order valence-corrected chi connectivity index (χ3v) is 3.03. The zero-order valence-electron chi connectivity index (χ0n) is 11.9. The molecule has 3 rings (SSSR count). The van der Waals surface area contributed by atoms with Crippen LogP contribution in [0.1, 0.15) is 5.56 Å². The summed E-state index contributed by atoms with van der Waals surface area (Å²) in [6.45, 7) is 1.19. The number of hydrogen-bond donors (Lipinski definition) is 2. The average molecular weight is 325 g/mol. The van der Waals surface area contributed by atoms with Crippen molar-refractivity contribution in [2.75, 3.05) is 13.2 Å². The van der Waals surface area contributed by atoms with Crippen LogP contribution in [0.5, 0.6) is 5.75 Å². The minimum absolute atomic E-state index is 0.0484. The molecule has 1 aliphatic rings. The molecule has 1 aliphatic heterocycles. The van der Waals surface area contributed by atoms with E-state index in [4.69, 9.17) is 0 Å². The van der Waals surface area contributed by atoms with Crippen LogP contribution in [0.15, 0.2) is 48.5 Å². The van der Waals surface area contributed by atoms with Gasteiger partial charge in [0, 0.05) is 5.56 Å². The number of para-hydroxylation sites is 1. The van der Waals surface area contributed by atoms with E-state index in [0.717, 1.165) is 12.1 Å². The van der Waals surface area contributed by atoms with Gasteiger partial charge in [-0.25, -0.2) is 4.79 Å². The largest absolute Gasteiger partial charge is 0.507 e. The van der Waals surface area contributed by atoms with Crippen LogP contribution in [-0.4, -0.2) is 24.4 Å². The number of nitrogens with one attached hydrogen (secondary N) is 1. The summed E-state index contributed by atoms with van der Waals surface area (Å²) in [5.74, 6) is 0.0484. The Morgan fingerprint density at radius 3 is 2.13 bits per heavy atom. The van der Waals surface area contributed by atoms with E-state index in [1.165, 1.54) is 18.2 Å². The second kappa shape index (κ2) is 7.04. The maximum absolute atomic E-state index is 12.4. The molecular formula is C16H14F3NO3. The van der Waals surface area contributed by atoms with Gasteiger partial charge >= 0.3 is 12.3 Å². The number of carbonyl (C=O) groups is 1. The predicted octanol–water partition coefficient (Wildman–Crippen LogP) is 3.80. The van der Waals surface area contributed by atoms with Crippen molar-refractivity contribution < 1.29 is 27.8 Å². The van der Waals surface area contributed by atoms with E-state index in [1.54, 1.807) is 18.2 Å². The zero-order valence-corrected chi connectivity index (χ0v) is 11.9. The highest BCUT2D eigenvalue weighted by Gasteiger charge is 2.30. The third-order valence-electron chi connectivity index (χ3n) is 3.03. The van der Waals surface area contributed by atoms with Gasteiger partial charge in [0.15, 0.2) is 0 Å². The van der Waals surface area contributed by atoms with Gasteiger partial charge in [0.05, 0.1) is 12.1 Å². The van der Waals surface area contributed by atoms with Crippen molar-refractivity contribution >= 4 is 6.09 Å². The minimum Gasteiger partial charge on any atom is -0.507 e. The van der Waals surface area contributed by atoms with Crippen LogP contribution in [0.4, 0.5) is 18.0 Å². The number of cyclic esters (lactones) is 1. The molecule has 2 N–H and O–H groups in total. The lowest BCUT2D eigenvalue weighted by Crippen LogP contribution is -2.11. The highest BCUT2D eigenvalue weighted by molar-refractivity contribution is 5.70. The molecule has 0 saturated carbocycles. The normalized spacial score (nSPS) is 13.6. The van der Waals surface area contributed by atoms with Crippen molar-refractivity contribution in [2.24, 2.45) is 0 Å². The van der Waals surface area contributed by atoms with Crippen LogP contribution in [0.3, 0.4) is 0 Å². The number of carbonyl (C=O) groups excluding carboxylic acids is 1. The van der Waals surface area contributed by atoms with Crippen molar-refractivity contribution in [3.05, 3.63) is 54.1 Å². The topological polar surface area (TPSA) is 58.6 Å². The lowest BCUT2D eigenvalue weighted by Gasteiger charge is -2.08. The standard InChI is InChI=1S/C13H9F3O.C3H5NO2/c14-13(15,16)10-7-5-9(6-8-10)11-3-1-2-4-12(11)17;5-3-4-1-2-6-3/h1-8,17H;1-2H2,(H,4,5). The fraction of sp³-hybridized carbons (Fsp3) is 0.188. The molecular weight excluding hydrogens is 311 g/mol. The van der Waals surface area contributed by atoms with Crippen LogP contribution in [-0.2, 0) is 10.9 Å². The van der Waals surface area contributed by atoms with Crippen molar-refractivity contribution in [1.82, 2.24) is 5.32 Å². The van der Waals surface area contributed by atoms with E-state index in [9.17, 15) is 23.1 Å². The van der Waals surface area contributed by atoms with Gasteiger partial charge in [0.1, 0.15) is 12.4 Å². The number of alkyl halides is 3. The molecule has 122 valence electrons. The number of benzene rings is 2. The Balaban J connectivity index is 0.000000268. The van der Waals surface area contributed by atoms with Gasteiger partial charge in [0.25, 0.3) is 0 Å². The Labute approximate surface area is 130 Å². The Morgan fingerprint density at radius 1 is 1.04 bits per heavy atom. The van der Waals surface area contributed by atoms with E-state index in [-0.39, 0.29) is 11.8 Å². The van der Waals surface area contributed by atoms with Gasteiger partial charge in [0.2, 0.25) is 0 Å². The van der Waals surface area contributed by atoms with Gasteiger partial charge in [-0.3, -0.25) is 0 Å². The van der Waals surface area contributed by atoms with E-state index in [2.05, 4.69) is 10.1 Å². The van der Waals surface area contributed by atoms with Crippen LogP contribution in [0.25, 0.3) is 11.1 Å². The van der Waals surface area contributed by atoms with Gasteiger partial charge in [-0.15, -0.1) is 0 Å². The SMILES string of the molecule is O=C1NCCO1.Oc1ccccc1-c1ccc(C(F)(F)F)cc1. The Morgan fingerprint density at radius 2 is 1.70 bits per heavy atom. The van der Waals surface area contributed by atoms with Crippen molar-refractivity contribution in [3.63, 3.8) is 0 Å². The molecule has 23 heavy (non-hydrogen) atoms. The molecule has 1 heterocycles. The fourth-order valence-corrected chi connectivity index (χ4v) is 1.90. The Hall–Kier alpha value is -2.70. The van der Waals surface area contributed by atoms with Gasteiger partial charge < -0.3 is 15.2 Å². The number of amides is 1. The molecule has 0 spiro atoms. The second-order valence-corrected chi connectivity index (χ2v) is 4.65. The average Bonchev–Trinajstić information content (AvgIpc) is 2.99. The van der Waals surface area contributed by atoms with E-state index in [1.807, 2.05) is 0 Å². The van der Waals surface area contributed by atoms with Crippen LogP contribution >= 0.6 is 0 Å². The molecule has 1 saturated heterocycles. The van der Waals surface area contributed by atoms with Crippen LogP contribution < -0.4 is 5.32 Å². The van der Waals surface area contributed by atoms with Gasteiger partial charge in [-0.05, 0) is 23.8 Å². The molecule has 2 aromatic rings. The van der Waals surface area contributed by atoms with E-state index < -0.39 is 11.7 Å². The number of phenolic OH excluding ortho intramolecular Hbond substituents is 1. The number of halogens is 3. The first-order chi connectivity index (χ1) is 10.9. The summed E-state index contributed by atoms with van der Waals surface area (Å²) in [6, 6.07) is 11.2. The third kappa shape index (κ3) is 4.64. The van der Waals surface area contributed by atoms with Gasteiger partial charge in [-0.1, -0.05) is 30.3 Å². The Bertz CT molecular complexity index is 661. The number of rotatable bonds is 1. The van der Waals surface area contributed by atoms with E-state index in [0.29, 0.717) is 24.3 Å². The Kier molecular flexibility index (Phi) is 5.10. The number of phenols is 1. The quantitative estimate of drug-likeness (QED) is 0.838. The van der Waals surface area contributed by atoms with Crippen molar-refractivity contribution in [3.8, 4) is 16.9 Å². The highest BCUT2D eigenvalue weighted by atomic mass is 19.4.